The van der Waals surface area contributed by atoms with E-state index in [1.807, 2.05) is 0 Å². The van der Waals surface area contributed by atoms with Crippen molar-refractivity contribution in [2.24, 2.45) is 5.92 Å². The maximum absolute atomic E-state index is 5.30. The third-order valence-electron chi connectivity index (χ3n) is 3.36. The molecule has 19 heavy (non-hydrogen) atoms. The molecule has 0 aliphatic carbocycles. The highest BCUT2D eigenvalue weighted by Gasteiger charge is 2.14. The Kier molecular flexibility index (Phi) is 4.83. The van der Waals surface area contributed by atoms with Crippen molar-refractivity contribution in [1.82, 2.24) is 0 Å². The highest BCUT2D eigenvalue weighted by atomic mass is 79.9. The van der Waals surface area contributed by atoms with Crippen LogP contribution in [0.3, 0.4) is 0 Å². The van der Waals surface area contributed by atoms with Crippen molar-refractivity contribution < 1.29 is 4.74 Å². The van der Waals surface area contributed by atoms with Gasteiger partial charge >= 0.3 is 0 Å². The number of ether oxygens (including phenoxy) is 1. The molecule has 1 unspecified atom stereocenters. The first-order valence-corrected chi connectivity index (χ1v) is 7.35. The maximum Gasteiger partial charge on any atom is 0.0666 e. The first-order chi connectivity index (χ1) is 9.13. The smallest absolute Gasteiger partial charge is 0.0666 e. The first-order valence-electron chi connectivity index (χ1n) is 6.56. The molecule has 0 aromatic heterocycles. The molecule has 2 rings (SSSR count). The van der Waals surface area contributed by atoms with Crippen LogP contribution in [0.2, 0.25) is 0 Å². The zero-order valence-corrected chi connectivity index (χ0v) is 13.2. The third-order valence-corrected chi connectivity index (χ3v) is 4.05. The number of hydrogen-bond acceptors (Lipinski definition) is 2. The van der Waals surface area contributed by atoms with E-state index in [-0.39, 0.29) is 0 Å². The Bertz CT molecular complexity index is 553. The number of fused-ring (bicyclic) bond motifs is 1. The van der Waals surface area contributed by atoms with Crippen LogP contribution in [-0.4, -0.2) is 19.8 Å². The van der Waals surface area contributed by atoms with E-state index in [1.54, 1.807) is 7.11 Å². The Balaban J connectivity index is 2.37. The average Bonchev–Trinajstić information content (AvgIpc) is 2.41. The van der Waals surface area contributed by atoms with Crippen LogP contribution < -0.4 is 5.32 Å². The molecule has 3 heteroatoms. The molecule has 0 saturated carbocycles. The van der Waals surface area contributed by atoms with Crippen molar-refractivity contribution in [2.45, 2.75) is 19.9 Å². The van der Waals surface area contributed by atoms with Gasteiger partial charge in [0.05, 0.1) is 12.6 Å². The lowest BCUT2D eigenvalue weighted by molar-refractivity contribution is 0.171. The number of rotatable bonds is 5. The van der Waals surface area contributed by atoms with Gasteiger partial charge in [0.25, 0.3) is 0 Å². The summed E-state index contributed by atoms with van der Waals surface area (Å²) < 4.78 is 6.43. The van der Waals surface area contributed by atoms with E-state index in [4.69, 9.17) is 4.74 Å². The van der Waals surface area contributed by atoms with Crippen molar-refractivity contribution in [2.75, 3.05) is 19.0 Å². The van der Waals surface area contributed by atoms with E-state index in [0.717, 1.165) is 10.2 Å². The topological polar surface area (TPSA) is 21.3 Å². The fourth-order valence-corrected chi connectivity index (χ4v) is 2.65. The van der Waals surface area contributed by atoms with Gasteiger partial charge in [-0.2, -0.15) is 0 Å². The summed E-state index contributed by atoms with van der Waals surface area (Å²) in [5, 5.41) is 6.07. The summed E-state index contributed by atoms with van der Waals surface area (Å²) in [6, 6.07) is 12.9. The van der Waals surface area contributed by atoms with Gasteiger partial charge in [0.2, 0.25) is 0 Å². The second-order valence-corrected chi connectivity index (χ2v) is 5.95. The summed E-state index contributed by atoms with van der Waals surface area (Å²) in [5.41, 5.74) is 1.16. The Morgan fingerprint density at radius 3 is 2.42 bits per heavy atom. The summed E-state index contributed by atoms with van der Waals surface area (Å²) in [4.78, 5) is 0. The van der Waals surface area contributed by atoms with Gasteiger partial charge in [0, 0.05) is 22.7 Å². The Labute approximate surface area is 123 Å². The summed E-state index contributed by atoms with van der Waals surface area (Å²) in [7, 11) is 1.75. The van der Waals surface area contributed by atoms with Crippen LogP contribution in [0.4, 0.5) is 5.69 Å². The number of methoxy groups -OCH3 is 1. The largest absolute Gasteiger partial charge is 0.383 e. The van der Waals surface area contributed by atoms with Crippen molar-refractivity contribution in [1.29, 1.82) is 0 Å². The number of hydrogen-bond donors (Lipinski definition) is 1. The highest BCUT2D eigenvalue weighted by molar-refractivity contribution is 9.10. The van der Waals surface area contributed by atoms with Crippen LogP contribution in [0.25, 0.3) is 10.8 Å². The standard InChI is InChI=1S/C16H20BrNO/c1-11(2)16(10-19-3)18-15-9-8-14(17)12-6-4-5-7-13(12)15/h4-9,11,16,18H,10H2,1-3H3. The third kappa shape index (κ3) is 3.28. The van der Waals surface area contributed by atoms with Gasteiger partial charge in [-0.1, -0.05) is 54.0 Å². The van der Waals surface area contributed by atoms with Crippen LogP contribution in [-0.2, 0) is 4.74 Å². The van der Waals surface area contributed by atoms with Crippen LogP contribution in [0, 0.1) is 5.92 Å². The molecule has 0 amide bonds. The lowest BCUT2D eigenvalue weighted by atomic mass is 10.0. The molecule has 0 aliphatic rings. The van der Waals surface area contributed by atoms with Gasteiger partial charge in [-0.3, -0.25) is 0 Å². The van der Waals surface area contributed by atoms with Gasteiger partial charge in [-0.05, 0) is 23.4 Å². The molecule has 0 spiro atoms. The Morgan fingerprint density at radius 1 is 1.11 bits per heavy atom. The molecule has 2 nitrogen and oxygen atoms in total. The molecule has 0 fully saturated rings. The predicted molar refractivity (Wildman–Crippen MR) is 85.8 cm³/mol. The van der Waals surface area contributed by atoms with Gasteiger partial charge in [0.15, 0.2) is 0 Å². The van der Waals surface area contributed by atoms with Gasteiger partial charge < -0.3 is 10.1 Å². The minimum Gasteiger partial charge on any atom is -0.383 e. The lowest BCUT2D eigenvalue weighted by Crippen LogP contribution is -2.30. The molecule has 0 radical (unpaired) electrons. The molecule has 1 atom stereocenters. The zero-order valence-electron chi connectivity index (χ0n) is 11.6. The number of halogens is 1. The Hall–Kier alpha value is -1.06. The van der Waals surface area contributed by atoms with Gasteiger partial charge in [0.1, 0.15) is 0 Å². The molecular weight excluding hydrogens is 302 g/mol. The fraction of sp³-hybridized carbons (Fsp3) is 0.375. The number of anilines is 1. The molecule has 2 aromatic carbocycles. The fourth-order valence-electron chi connectivity index (χ4n) is 2.17. The normalized spacial score (nSPS) is 12.9. The zero-order chi connectivity index (χ0) is 13.8. The monoisotopic (exact) mass is 321 g/mol. The molecule has 0 aliphatic heterocycles. The second-order valence-electron chi connectivity index (χ2n) is 5.09. The van der Waals surface area contributed by atoms with Crippen molar-refractivity contribution in [3.05, 3.63) is 40.9 Å². The van der Waals surface area contributed by atoms with E-state index in [0.29, 0.717) is 18.6 Å². The van der Waals surface area contributed by atoms with Crippen molar-refractivity contribution in [3.8, 4) is 0 Å². The van der Waals surface area contributed by atoms with E-state index in [9.17, 15) is 0 Å². The molecule has 1 N–H and O–H groups in total. The molecule has 0 saturated heterocycles. The SMILES string of the molecule is COCC(Nc1ccc(Br)c2ccccc12)C(C)C. The summed E-state index contributed by atoms with van der Waals surface area (Å²) in [5.74, 6) is 0.516. The van der Waals surface area contributed by atoms with Crippen LogP contribution in [0.1, 0.15) is 13.8 Å². The second kappa shape index (κ2) is 6.40. The Morgan fingerprint density at radius 2 is 1.79 bits per heavy atom. The predicted octanol–water partition coefficient (Wildman–Crippen LogP) is 4.69. The first kappa shape index (κ1) is 14.4. The minimum atomic E-state index is 0.314. The summed E-state index contributed by atoms with van der Waals surface area (Å²) in [6.07, 6.45) is 0. The van der Waals surface area contributed by atoms with Crippen LogP contribution in [0.15, 0.2) is 40.9 Å². The van der Waals surface area contributed by atoms with Crippen molar-refractivity contribution >= 4 is 32.4 Å². The summed E-state index contributed by atoms with van der Waals surface area (Å²) >= 11 is 3.60. The number of benzene rings is 2. The van der Waals surface area contributed by atoms with Crippen molar-refractivity contribution in [3.63, 3.8) is 0 Å². The lowest BCUT2D eigenvalue weighted by Gasteiger charge is -2.23. The van der Waals surface area contributed by atoms with Crippen LogP contribution >= 0.6 is 15.9 Å². The number of nitrogens with one attached hydrogen (secondary N) is 1. The van der Waals surface area contributed by atoms with Gasteiger partial charge in [-0.15, -0.1) is 0 Å². The maximum atomic E-state index is 5.30. The molecular formula is C16H20BrNO. The van der Waals surface area contributed by atoms with E-state index < -0.39 is 0 Å². The van der Waals surface area contributed by atoms with Gasteiger partial charge in [-0.25, -0.2) is 0 Å². The molecule has 0 bridgehead atoms. The van der Waals surface area contributed by atoms with Crippen LogP contribution in [0.5, 0.6) is 0 Å². The highest BCUT2D eigenvalue weighted by Crippen LogP contribution is 2.30. The molecule has 102 valence electrons. The quantitative estimate of drug-likeness (QED) is 0.862. The molecule has 0 heterocycles. The summed E-state index contributed by atoms with van der Waals surface area (Å²) in [6.45, 7) is 5.12. The minimum absolute atomic E-state index is 0.314. The van der Waals surface area contributed by atoms with E-state index in [1.165, 1.54) is 10.8 Å². The van der Waals surface area contributed by atoms with E-state index in [2.05, 4.69) is 71.5 Å². The molecule has 2 aromatic rings. The average molecular weight is 322 g/mol. The van der Waals surface area contributed by atoms with E-state index >= 15 is 0 Å².